The fourth-order valence-electron chi connectivity index (χ4n) is 2.39. The maximum absolute atomic E-state index is 12.0. The second-order valence-electron chi connectivity index (χ2n) is 8.94. The average Bonchev–Trinajstić information content (AvgIpc) is 2.41. The Bertz CT molecular complexity index is 415. The second kappa shape index (κ2) is 10.8. The molecule has 0 bridgehead atoms. The molecule has 25 heavy (non-hydrogen) atoms. The van der Waals surface area contributed by atoms with Crippen molar-refractivity contribution < 1.29 is 14.3 Å². The molecular formula is C20H40N2O3. The molecule has 0 aliphatic heterocycles. The van der Waals surface area contributed by atoms with Crippen molar-refractivity contribution in [3.05, 3.63) is 0 Å². The minimum absolute atomic E-state index is 0.0596. The Kier molecular flexibility index (Phi) is 10.3. The second-order valence-corrected chi connectivity index (χ2v) is 8.94. The highest BCUT2D eigenvalue weighted by atomic mass is 16.5. The smallest absolute Gasteiger partial charge is 0.220 e. The van der Waals surface area contributed by atoms with Gasteiger partial charge in [-0.1, -0.05) is 13.8 Å². The molecule has 0 radical (unpaired) electrons. The van der Waals surface area contributed by atoms with Gasteiger partial charge in [0.1, 0.15) is 0 Å². The zero-order chi connectivity index (χ0) is 19.7. The van der Waals surface area contributed by atoms with Crippen LogP contribution in [0, 0.1) is 5.92 Å². The summed E-state index contributed by atoms with van der Waals surface area (Å²) in [5, 5.41) is 5.98. The molecule has 2 N–H and O–H groups in total. The third-order valence-corrected chi connectivity index (χ3v) is 4.05. The van der Waals surface area contributed by atoms with Crippen molar-refractivity contribution in [1.82, 2.24) is 10.6 Å². The van der Waals surface area contributed by atoms with Crippen LogP contribution in [0.25, 0.3) is 0 Å². The molecule has 0 rings (SSSR count). The Morgan fingerprint density at radius 3 is 2.04 bits per heavy atom. The maximum Gasteiger partial charge on any atom is 0.220 e. The van der Waals surface area contributed by atoms with Crippen LogP contribution in [0.2, 0.25) is 0 Å². The molecule has 148 valence electrons. The Morgan fingerprint density at radius 1 is 0.920 bits per heavy atom. The molecule has 0 aliphatic carbocycles. The zero-order valence-corrected chi connectivity index (χ0v) is 17.6. The highest BCUT2D eigenvalue weighted by Gasteiger charge is 2.24. The number of hydrogen-bond donors (Lipinski definition) is 2. The Hall–Kier alpha value is -1.10. The van der Waals surface area contributed by atoms with Gasteiger partial charge in [-0.2, -0.15) is 0 Å². The highest BCUT2D eigenvalue weighted by Crippen LogP contribution is 2.19. The first-order valence-electron chi connectivity index (χ1n) is 9.57. The fraction of sp³-hybridized carbons (Fsp3) is 0.900. The number of ether oxygens (including phenoxy) is 1. The molecule has 0 aromatic heterocycles. The van der Waals surface area contributed by atoms with Crippen LogP contribution in [0.5, 0.6) is 0 Å². The monoisotopic (exact) mass is 356 g/mol. The molecule has 0 saturated heterocycles. The summed E-state index contributed by atoms with van der Waals surface area (Å²) < 4.78 is 5.97. The van der Waals surface area contributed by atoms with E-state index in [-0.39, 0.29) is 29.0 Å². The van der Waals surface area contributed by atoms with Crippen LogP contribution in [-0.2, 0) is 14.3 Å². The Morgan fingerprint density at radius 2 is 1.52 bits per heavy atom. The fourth-order valence-corrected chi connectivity index (χ4v) is 2.39. The van der Waals surface area contributed by atoms with Gasteiger partial charge in [0.2, 0.25) is 11.8 Å². The van der Waals surface area contributed by atoms with Crippen LogP contribution in [0.4, 0.5) is 0 Å². The van der Waals surface area contributed by atoms with Gasteiger partial charge in [-0.3, -0.25) is 9.59 Å². The van der Waals surface area contributed by atoms with Crippen molar-refractivity contribution in [3.8, 4) is 0 Å². The van der Waals surface area contributed by atoms with Gasteiger partial charge in [0, 0.05) is 31.0 Å². The van der Waals surface area contributed by atoms with E-state index in [1.165, 1.54) is 0 Å². The van der Waals surface area contributed by atoms with E-state index >= 15 is 0 Å². The van der Waals surface area contributed by atoms with E-state index < -0.39 is 0 Å². The summed E-state index contributed by atoms with van der Waals surface area (Å²) in [5.41, 5.74) is -0.648. The summed E-state index contributed by atoms with van der Waals surface area (Å²) in [6.45, 7) is 16.8. The summed E-state index contributed by atoms with van der Waals surface area (Å²) in [6.07, 6.45) is 3.34. The Balaban J connectivity index is 4.15. The van der Waals surface area contributed by atoms with E-state index in [0.29, 0.717) is 31.8 Å². The van der Waals surface area contributed by atoms with Crippen molar-refractivity contribution in [2.24, 2.45) is 5.92 Å². The van der Waals surface area contributed by atoms with Crippen molar-refractivity contribution in [2.45, 2.75) is 105 Å². The largest absolute Gasteiger partial charge is 0.375 e. The lowest BCUT2D eigenvalue weighted by atomic mass is 9.99. The standard InChI is InChI=1S/C20H40N2O3/c1-15(2)9-10-18(24)22-19(5,6)13-14-25-20(7,8)12-11-17(23)21-16(3)4/h15-16H,9-14H2,1-8H3,(H,21,23)(H,22,24). The number of amides is 2. The quantitative estimate of drug-likeness (QED) is 0.559. The molecular weight excluding hydrogens is 316 g/mol. The highest BCUT2D eigenvalue weighted by molar-refractivity contribution is 5.76. The summed E-state index contributed by atoms with van der Waals surface area (Å²) in [7, 11) is 0. The van der Waals surface area contributed by atoms with Crippen LogP contribution < -0.4 is 10.6 Å². The van der Waals surface area contributed by atoms with E-state index in [2.05, 4.69) is 24.5 Å². The summed E-state index contributed by atoms with van der Waals surface area (Å²) in [5.74, 6) is 0.693. The van der Waals surface area contributed by atoms with Crippen LogP contribution in [0.1, 0.15) is 87.5 Å². The van der Waals surface area contributed by atoms with Crippen LogP contribution >= 0.6 is 0 Å². The lowest BCUT2D eigenvalue weighted by molar-refractivity contribution is -0.125. The van der Waals surface area contributed by atoms with Crippen LogP contribution in [-0.4, -0.2) is 35.6 Å². The van der Waals surface area contributed by atoms with Gasteiger partial charge in [-0.25, -0.2) is 0 Å². The molecule has 0 fully saturated rings. The van der Waals surface area contributed by atoms with Crippen LogP contribution in [0.15, 0.2) is 0 Å². The van der Waals surface area contributed by atoms with Gasteiger partial charge in [-0.05, 0) is 66.7 Å². The minimum atomic E-state index is -0.355. The van der Waals surface area contributed by atoms with Gasteiger partial charge in [0.05, 0.1) is 5.60 Å². The topological polar surface area (TPSA) is 67.4 Å². The van der Waals surface area contributed by atoms with E-state index in [1.807, 2.05) is 41.5 Å². The number of carbonyl (C=O) groups excluding carboxylic acids is 2. The number of rotatable bonds is 12. The van der Waals surface area contributed by atoms with E-state index in [9.17, 15) is 9.59 Å². The lowest BCUT2D eigenvalue weighted by Crippen LogP contribution is -2.44. The third-order valence-electron chi connectivity index (χ3n) is 4.05. The van der Waals surface area contributed by atoms with Gasteiger partial charge in [0.25, 0.3) is 0 Å². The minimum Gasteiger partial charge on any atom is -0.375 e. The molecule has 0 atom stereocenters. The molecule has 0 spiro atoms. The van der Waals surface area contributed by atoms with Gasteiger partial charge in [0.15, 0.2) is 0 Å². The molecule has 0 unspecified atom stereocenters. The third kappa shape index (κ3) is 13.8. The van der Waals surface area contributed by atoms with Crippen molar-refractivity contribution >= 4 is 11.8 Å². The number of nitrogens with one attached hydrogen (secondary N) is 2. The van der Waals surface area contributed by atoms with Crippen LogP contribution in [0.3, 0.4) is 0 Å². The van der Waals surface area contributed by atoms with Crippen molar-refractivity contribution in [3.63, 3.8) is 0 Å². The van der Waals surface area contributed by atoms with Gasteiger partial charge < -0.3 is 15.4 Å². The Labute approximate surface area is 154 Å². The van der Waals surface area contributed by atoms with Crippen molar-refractivity contribution in [1.29, 1.82) is 0 Å². The normalized spacial score (nSPS) is 12.6. The molecule has 0 aliphatic rings. The number of hydrogen-bond acceptors (Lipinski definition) is 3. The SMILES string of the molecule is CC(C)CCC(=O)NC(C)(C)CCOC(C)(C)CCC(=O)NC(C)C. The maximum atomic E-state index is 12.0. The molecule has 0 aromatic rings. The summed E-state index contributed by atoms with van der Waals surface area (Å²) >= 11 is 0. The lowest BCUT2D eigenvalue weighted by Gasteiger charge is -2.30. The predicted molar refractivity (Wildman–Crippen MR) is 103 cm³/mol. The predicted octanol–water partition coefficient (Wildman–Crippen LogP) is 3.81. The summed E-state index contributed by atoms with van der Waals surface area (Å²) in [6, 6.07) is 0.164. The van der Waals surface area contributed by atoms with E-state index in [0.717, 1.165) is 12.8 Å². The molecule has 0 aromatic carbocycles. The zero-order valence-electron chi connectivity index (χ0n) is 17.6. The first kappa shape index (κ1) is 23.9. The molecule has 0 heterocycles. The summed E-state index contributed by atoms with van der Waals surface area (Å²) in [4.78, 5) is 23.7. The average molecular weight is 357 g/mol. The van der Waals surface area contributed by atoms with E-state index in [4.69, 9.17) is 4.74 Å². The van der Waals surface area contributed by atoms with E-state index in [1.54, 1.807) is 0 Å². The molecule has 2 amide bonds. The molecule has 5 heteroatoms. The first-order valence-corrected chi connectivity index (χ1v) is 9.57. The van der Waals surface area contributed by atoms with Gasteiger partial charge in [-0.15, -0.1) is 0 Å². The first-order chi connectivity index (χ1) is 11.3. The molecule has 0 saturated carbocycles. The molecule has 5 nitrogen and oxygen atoms in total. The van der Waals surface area contributed by atoms with Gasteiger partial charge >= 0.3 is 0 Å². The van der Waals surface area contributed by atoms with Crippen molar-refractivity contribution in [2.75, 3.05) is 6.61 Å². The number of carbonyl (C=O) groups is 2.